The van der Waals surface area contributed by atoms with Crippen molar-refractivity contribution in [1.29, 1.82) is 0 Å². The van der Waals surface area contributed by atoms with Gasteiger partial charge < -0.3 is 15.2 Å². The fraction of sp³-hybridized carbons (Fsp3) is 0.471. The summed E-state index contributed by atoms with van der Waals surface area (Å²) in [7, 11) is 0. The number of benzene rings is 1. The first kappa shape index (κ1) is 17.0. The third kappa shape index (κ3) is 5.39. The lowest BCUT2D eigenvalue weighted by Gasteiger charge is -2.16. The molecule has 1 aromatic carbocycles. The number of rotatable bonds is 6. The van der Waals surface area contributed by atoms with Gasteiger partial charge in [-0.15, -0.1) is 0 Å². The minimum atomic E-state index is 0.370. The van der Waals surface area contributed by atoms with E-state index in [2.05, 4.69) is 63.9 Å². The van der Waals surface area contributed by atoms with Crippen molar-refractivity contribution in [1.82, 2.24) is 20.8 Å². The Kier molecular flexibility index (Phi) is 6.14. The van der Waals surface area contributed by atoms with Crippen molar-refractivity contribution < 1.29 is 4.52 Å². The summed E-state index contributed by atoms with van der Waals surface area (Å²) in [6.07, 6.45) is 0. The highest BCUT2D eigenvalue weighted by molar-refractivity contribution is 5.79. The number of guanidine groups is 1. The highest BCUT2D eigenvalue weighted by atomic mass is 16.5. The fourth-order valence-corrected chi connectivity index (χ4v) is 2.24. The molecule has 1 heterocycles. The highest BCUT2D eigenvalue weighted by Crippen LogP contribution is 2.15. The summed E-state index contributed by atoms with van der Waals surface area (Å²) in [4.78, 5) is 8.63. The Morgan fingerprint density at radius 1 is 1.30 bits per heavy atom. The first-order chi connectivity index (χ1) is 11.1. The van der Waals surface area contributed by atoms with Crippen LogP contribution in [0.25, 0.3) is 0 Å². The van der Waals surface area contributed by atoms with Gasteiger partial charge in [-0.05, 0) is 32.3 Å². The quantitative estimate of drug-likeness (QED) is 0.633. The molecule has 124 valence electrons. The predicted octanol–water partition coefficient (Wildman–Crippen LogP) is 2.55. The van der Waals surface area contributed by atoms with Crippen LogP contribution in [-0.2, 0) is 6.54 Å². The summed E-state index contributed by atoms with van der Waals surface area (Å²) in [5, 5.41) is 10.4. The van der Waals surface area contributed by atoms with Crippen LogP contribution in [0.15, 0.2) is 33.8 Å². The van der Waals surface area contributed by atoms with Gasteiger partial charge in [0, 0.05) is 13.1 Å². The third-order valence-corrected chi connectivity index (χ3v) is 3.47. The molecule has 0 fully saturated rings. The molecule has 1 aromatic heterocycles. The smallest absolute Gasteiger partial charge is 0.248 e. The zero-order valence-corrected chi connectivity index (χ0v) is 14.3. The SMILES string of the molecule is CCNC(=NCc1nc(C)no1)NCC(C)c1cccc(C)c1. The van der Waals surface area contributed by atoms with Gasteiger partial charge in [-0.1, -0.05) is 41.9 Å². The molecule has 2 N–H and O–H groups in total. The average Bonchev–Trinajstić information content (AvgIpc) is 2.95. The minimum Gasteiger partial charge on any atom is -0.357 e. The lowest BCUT2D eigenvalue weighted by atomic mass is 9.99. The molecule has 6 nitrogen and oxygen atoms in total. The van der Waals surface area contributed by atoms with Crippen molar-refractivity contribution in [2.75, 3.05) is 13.1 Å². The molecule has 1 atom stereocenters. The van der Waals surface area contributed by atoms with Crippen LogP contribution < -0.4 is 10.6 Å². The molecular weight excluding hydrogens is 290 g/mol. The first-order valence-electron chi connectivity index (χ1n) is 7.96. The Balaban J connectivity index is 1.93. The molecule has 2 aromatic rings. The van der Waals surface area contributed by atoms with Crippen molar-refractivity contribution in [3.63, 3.8) is 0 Å². The van der Waals surface area contributed by atoms with Crippen LogP contribution in [0, 0.1) is 13.8 Å². The normalized spacial score (nSPS) is 13.0. The van der Waals surface area contributed by atoms with Crippen molar-refractivity contribution in [2.24, 2.45) is 4.99 Å². The molecule has 0 amide bonds. The largest absolute Gasteiger partial charge is 0.357 e. The maximum Gasteiger partial charge on any atom is 0.248 e. The molecule has 0 aliphatic rings. The average molecular weight is 315 g/mol. The second-order valence-electron chi connectivity index (χ2n) is 5.63. The summed E-state index contributed by atoms with van der Waals surface area (Å²) >= 11 is 0. The van der Waals surface area contributed by atoms with E-state index >= 15 is 0 Å². The number of hydrogen-bond donors (Lipinski definition) is 2. The molecule has 0 radical (unpaired) electrons. The Hall–Kier alpha value is -2.37. The van der Waals surface area contributed by atoms with Crippen LogP contribution in [0.4, 0.5) is 0 Å². The van der Waals surface area contributed by atoms with Crippen molar-refractivity contribution in [2.45, 2.75) is 40.2 Å². The minimum absolute atomic E-state index is 0.370. The Morgan fingerprint density at radius 3 is 2.78 bits per heavy atom. The van der Waals surface area contributed by atoms with Gasteiger partial charge in [0.25, 0.3) is 0 Å². The lowest BCUT2D eigenvalue weighted by molar-refractivity contribution is 0.376. The number of aryl methyl sites for hydroxylation is 2. The van der Waals surface area contributed by atoms with Gasteiger partial charge in [0.1, 0.15) is 6.54 Å². The molecule has 6 heteroatoms. The van der Waals surface area contributed by atoms with E-state index < -0.39 is 0 Å². The second-order valence-corrected chi connectivity index (χ2v) is 5.63. The zero-order chi connectivity index (χ0) is 16.7. The van der Waals surface area contributed by atoms with E-state index in [0.717, 1.165) is 19.0 Å². The van der Waals surface area contributed by atoms with E-state index in [1.165, 1.54) is 11.1 Å². The maximum atomic E-state index is 5.08. The molecule has 23 heavy (non-hydrogen) atoms. The summed E-state index contributed by atoms with van der Waals surface area (Å²) in [5.74, 6) is 2.29. The van der Waals surface area contributed by atoms with Crippen LogP contribution in [0.2, 0.25) is 0 Å². The van der Waals surface area contributed by atoms with E-state index in [-0.39, 0.29) is 0 Å². The zero-order valence-electron chi connectivity index (χ0n) is 14.3. The molecule has 0 aliphatic carbocycles. The molecule has 2 rings (SSSR count). The van der Waals surface area contributed by atoms with E-state index in [1.54, 1.807) is 6.92 Å². The van der Waals surface area contributed by atoms with Gasteiger partial charge in [0.15, 0.2) is 11.8 Å². The molecule has 0 bridgehead atoms. The Morgan fingerprint density at radius 2 is 2.13 bits per heavy atom. The van der Waals surface area contributed by atoms with E-state index in [1.807, 2.05) is 6.92 Å². The van der Waals surface area contributed by atoms with Crippen molar-refractivity contribution in [3.05, 3.63) is 47.1 Å². The summed E-state index contributed by atoms with van der Waals surface area (Å²) in [6.45, 7) is 10.1. The highest BCUT2D eigenvalue weighted by Gasteiger charge is 2.08. The van der Waals surface area contributed by atoms with E-state index in [4.69, 9.17) is 4.52 Å². The van der Waals surface area contributed by atoms with Gasteiger partial charge in [0.05, 0.1) is 0 Å². The van der Waals surface area contributed by atoms with Crippen LogP contribution in [-0.4, -0.2) is 29.2 Å². The number of aliphatic imine (C=N–C) groups is 1. The predicted molar refractivity (Wildman–Crippen MR) is 91.4 cm³/mol. The maximum absolute atomic E-state index is 5.08. The molecule has 1 unspecified atom stereocenters. The van der Waals surface area contributed by atoms with Gasteiger partial charge >= 0.3 is 0 Å². The monoisotopic (exact) mass is 315 g/mol. The van der Waals surface area contributed by atoms with Crippen molar-refractivity contribution in [3.8, 4) is 0 Å². The summed E-state index contributed by atoms with van der Waals surface area (Å²) in [6, 6.07) is 8.59. The van der Waals surface area contributed by atoms with Crippen molar-refractivity contribution >= 4 is 5.96 Å². The molecular formula is C17H25N5O. The second kappa shape index (κ2) is 8.31. The van der Waals surface area contributed by atoms with Gasteiger partial charge in [-0.2, -0.15) is 4.98 Å². The van der Waals surface area contributed by atoms with Gasteiger partial charge in [-0.3, -0.25) is 0 Å². The topological polar surface area (TPSA) is 75.3 Å². The summed E-state index contributed by atoms with van der Waals surface area (Å²) in [5.41, 5.74) is 2.60. The Labute approximate surface area is 137 Å². The van der Waals surface area contributed by atoms with Crippen LogP contribution in [0.3, 0.4) is 0 Å². The standard InChI is InChI=1S/C17H25N5O/c1-5-18-17(20-11-16-21-14(4)22-23-16)19-10-13(3)15-8-6-7-12(2)9-15/h6-9,13H,5,10-11H2,1-4H3,(H2,18,19,20). The number of aromatic nitrogens is 2. The van der Waals surface area contributed by atoms with Crippen LogP contribution in [0.5, 0.6) is 0 Å². The summed E-state index contributed by atoms with van der Waals surface area (Å²) < 4.78 is 5.08. The first-order valence-corrected chi connectivity index (χ1v) is 7.96. The molecule has 0 saturated heterocycles. The lowest BCUT2D eigenvalue weighted by Crippen LogP contribution is -2.39. The van der Waals surface area contributed by atoms with Gasteiger partial charge in [-0.25, -0.2) is 4.99 Å². The Bertz CT molecular complexity index is 650. The third-order valence-electron chi connectivity index (χ3n) is 3.47. The van der Waals surface area contributed by atoms with Crippen LogP contribution in [0.1, 0.15) is 42.6 Å². The number of hydrogen-bond acceptors (Lipinski definition) is 4. The molecule has 0 spiro atoms. The number of nitrogens with zero attached hydrogens (tertiary/aromatic N) is 3. The van der Waals surface area contributed by atoms with Gasteiger partial charge in [0.2, 0.25) is 5.89 Å². The van der Waals surface area contributed by atoms with E-state index in [0.29, 0.717) is 24.2 Å². The fourth-order valence-electron chi connectivity index (χ4n) is 2.24. The van der Waals surface area contributed by atoms with Crippen LogP contribution >= 0.6 is 0 Å². The molecule has 0 aliphatic heterocycles. The number of nitrogens with one attached hydrogen (secondary N) is 2. The molecule has 0 saturated carbocycles. The van der Waals surface area contributed by atoms with E-state index in [9.17, 15) is 0 Å².